The normalized spacial score (nSPS) is 24.2. The third-order valence-corrected chi connectivity index (χ3v) is 2.23. The SMILES string of the molecule is Nc1oncc1C1CCCOC1. The van der Waals surface area contributed by atoms with E-state index < -0.39 is 0 Å². The van der Waals surface area contributed by atoms with Crippen LogP contribution in [0.15, 0.2) is 10.7 Å². The van der Waals surface area contributed by atoms with Gasteiger partial charge in [0.2, 0.25) is 5.88 Å². The fourth-order valence-corrected chi connectivity index (χ4v) is 1.55. The van der Waals surface area contributed by atoms with Gasteiger partial charge < -0.3 is 15.0 Å². The van der Waals surface area contributed by atoms with Gasteiger partial charge in [-0.05, 0) is 12.8 Å². The molecule has 0 radical (unpaired) electrons. The van der Waals surface area contributed by atoms with E-state index in [2.05, 4.69) is 5.16 Å². The van der Waals surface area contributed by atoms with Gasteiger partial charge in [-0.1, -0.05) is 5.16 Å². The highest BCUT2D eigenvalue weighted by atomic mass is 16.5. The molecule has 1 aliphatic heterocycles. The van der Waals surface area contributed by atoms with Crippen LogP contribution >= 0.6 is 0 Å². The molecule has 0 aliphatic carbocycles. The lowest BCUT2D eigenvalue weighted by Gasteiger charge is -2.20. The number of rotatable bonds is 1. The molecule has 1 atom stereocenters. The van der Waals surface area contributed by atoms with Gasteiger partial charge in [0.05, 0.1) is 12.8 Å². The maximum Gasteiger partial charge on any atom is 0.225 e. The Hall–Kier alpha value is -1.03. The summed E-state index contributed by atoms with van der Waals surface area (Å²) in [6.07, 6.45) is 3.90. The molecule has 0 amide bonds. The van der Waals surface area contributed by atoms with Crippen LogP contribution in [-0.2, 0) is 4.74 Å². The van der Waals surface area contributed by atoms with Crippen molar-refractivity contribution in [2.75, 3.05) is 18.9 Å². The third kappa shape index (κ3) is 1.30. The zero-order valence-electron chi connectivity index (χ0n) is 6.82. The van der Waals surface area contributed by atoms with Gasteiger partial charge in [-0.2, -0.15) is 0 Å². The number of nitrogens with zero attached hydrogens (tertiary/aromatic N) is 1. The minimum Gasteiger partial charge on any atom is -0.381 e. The summed E-state index contributed by atoms with van der Waals surface area (Å²) >= 11 is 0. The van der Waals surface area contributed by atoms with Crippen LogP contribution in [-0.4, -0.2) is 18.4 Å². The summed E-state index contributed by atoms with van der Waals surface area (Å²) in [5.41, 5.74) is 6.58. The Morgan fingerprint density at radius 1 is 1.58 bits per heavy atom. The Kier molecular flexibility index (Phi) is 1.99. The predicted molar refractivity (Wildman–Crippen MR) is 43.7 cm³/mol. The van der Waals surface area contributed by atoms with Crippen LogP contribution in [0.4, 0.5) is 5.88 Å². The van der Waals surface area contributed by atoms with Crippen LogP contribution in [0.25, 0.3) is 0 Å². The molecular formula is C8H12N2O2. The van der Waals surface area contributed by atoms with Crippen molar-refractivity contribution >= 4 is 5.88 Å². The monoisotopic (exact) mass is 168 g/mol. The molecule has 2 N–H and O–H groups in total. The highest BCUT2D eigenvalue weighted by Gasteiger charge is 2.20. The molecule has 2 heterocycles. The maximum absolute atomic E-state index is 5.59. The summed E-state index contributed by atoms with van der Waals surface area (Å²) in [5, 5.41) is 3.64. The molecule has 1 aromatic rings. The first-order valence-corrected chi connectivity index (χ1v) is 4.15. The van der Waals surface area contributed by atoms with Crippen molar-refractivity contribution in [2.45, 2.75) is 18.8 Å². The van der Waals surface area contributed by atoms with E-state index >= 15 is 0 Å². The lowest BCUT2D eigenvalue weighted by atomic mass is 9.96. The number of nitrogens with two attached hydrogens (primary N) is 1. The van der Waals surface area contributed by atoms with Crippen LogP contribution in [0.2, 0.25) is 0 Å². The summed E-state index contributed by atoms with van der Waals surface area (Å²) in [5.74, 6) is 0.815. The van der Waals surface area contributed by atoms with E-state index in [-0.39, 0.29) is 0 Å². The molecule has 4 nitrogen and oxygen atoms in total. The van der Waals surface area contributed by atoms with E-state index in [0.717, 1.165) is 31.6 Å². The number of anilines is 1. The Morgan fingerprint density at radius 2 is 2.50 bits per heavy atom. The predicted octanol–water partition coefficient (Wildman–Crippen LogP) is 1.15. The summed E-state index contributed by atoms with van der Waals surface area (Å²) in [6.45, 7) is 1.60. The van der Waals surface area contributed by atoms with Crippen LogP contribution in [0.1, 0.15) is 24.3 Å². The Labute approximate surface area is 70.7 Å². The quantitative estimate of drug-likeness (QED) is 0.683. The zero-order chi connectivity index (χ0) is 8.39. The zero-order valence-corrected chi connectivity index (χ0v) is 6.82. The van der Waals surface area contributed by atoms with Gasteiger partial charge >= 0.3 is 0 Å². The van der Waals surface area contributed by atoms with Crippen molar-refractivity contribution in [3.8, 4) is 0 Å². The number of hydrogen-bond donors (Lipinski definition) is 1. The molecule has 0 spiro atoms. The molecule has 0 aromatic carbocycles. The van der Waals surface area contributed by atoms with Gasteiger partial charge in [-0.3, -0.25) is 0 Å². The number of nitrogen functional groups attached to an aromatic ring is 1. The lowest BCUT2D eigenvalue weighted by Crippen LogP contribution is -2.15. The summed E-state index contributed by atoms with van der Waals surface area (Å²) in [6, 6.07) is 0. The standard InChI is InChI=1S/C8H12N2O2/c9-8-7(4-10-12-8)6-2-1-3-11-5-6/h4,6H,1-3,5,9H2. The van der Waals surface area contributed by atoms with Gasteiger partial charge in [-0.25, -0.2) is 0 Å². The second-order valence-electron chi connectivity index (χ2n) is 3.06. The molecule has 1 aliphatic rings. The maximum atomic E-state index is 5.59. The number of aromatic nitrogens is 1. The lowest BCUT2D eigenvalue weighted by molar-refractivity contribution is 0.0805. The van der Waals surface area contributed by atoms with Crippen LogP contribution in [0.5, 0.6) is 0 Å². The minimum absolute atomic E-state index is 0.380. The molecule has 0 saturated carbocycles. The Balaban J connectivity index is 2.13. The number of hydrogen-bond acceptors (Lipinski definition) is 4. The van der Waals surface area contributed by atoms with Gasteiger partial charge in [0.25, 0.3) is 0 Å². The second-order valence-corrected chi connectivity index (χ2v) is 3.06. The number of ether oxygens (including phenoxy) is 1. The average Bonchev–Trinajstić information content (AvgIpc) is 2.53. The van der Waals surface area contributed by atoms with Crippen molar-refractivity contribution in [1.29, 1.82) is 0 Å². The highest BCUT2D eigenvalue weighted by Crippen LogP contribution is 2.28. The molecule has 66 valence electrons. The van der Waals surface area contributed by atoms with Crippen LogP contribution in [0, 0.1) is 0 Å². The molecular weight excluding hydrogens is 156 g/mol. The Morgan fingerprint density at radius 3 is 3.08 bits per heavy atom. The molecule has 0 bridgehead atoms. The van der Waals surface area contributed by atoms with Crippen LogP contribution < -0.4 is 5.73 Å². The van der Waals surface area contributed by atoms with E-state index in [1.165, 1.54) is 0 Å². The molecule has 12 heavy (non-hydrogen) atoms. The van der Waals surface area contributed by atoms with E-state index in [9.17, 15) is 0 Å². The molecule has 1 unspecified atom stereocenters. The largest absolute Gasteiger partial charge is 0.381 e. The van der Waals surface area contributed by atoms with E-state index in [4.69, 9.17) is 15.0 Å². The van der Waals surface area contributed by atoms with Gasteiger partial charge in [0, 0.05) is 18.1 Å². The third-order valence-electron chi connectivity index (χ3n) is 2.23. The van der Waals surface area contributed by atoms with Crippen LogP contribution in [0.3, 0.4) is 0 Å². The molecule has 4 heteroatoms. The highest BCUT2D eigenvalue weighted by molar-refractivity contribution is 5.36. The Bertz CT molecular complexity index is 253. The fourth-order valence-electron chi connectivity index (χ4n) is 1.55. The van der Waals surface area contributed by atoms with E-state index in [1.807, 2.05) is 0 Å². The van der Waals surface area contributed by atoms with Crippen molar-refractivity contribution in [3.63, 3.8) is 0 Å². The van der Waals surface area contributed by atoms with Gasteiger partial charge in [0.15, 0.2) is 0 Å². The summed E-state index contributed by atoms with van der Waals surface area (Å²) in [4.78, 5) is 0. The summed E-state index contributed by atoms with van der Waals surface area (Å²) in [7, 11) is 0. The smallest absolute Gasteiger partial charge is 0.225 e. The van der Waals surface area contributed by atoms with E-state index in [0.29, 0.717) is 11.8 Å². The van der Waals surface area contributed by atoms with Gasteiger partial charge in [0.1, 0.15) is 0 Å². The summed E-state index contributed by atoms with van der Waals surface area (Å²) < 4.78 is 10.1. The van der Waals surface area contributed by atoms with Crippen molar-refractivity contribution in [3.05, 3.63) is 11.8 Å². The molecule has 2 rings (SSSR count). The van der Waals surface area contributed by atoms with Crippen molar-refractivity contribution < 1.29 is 9.26 Å². The topological polar surface area (TPSA) is 61.3 Å². The molecule has 1 fully saturated rings. The molecule has 1 aromatic heterocycles. The fraction of sp³-hybridized carbons (Fsp3) is 0.625. The first kappa shape index (κ1) is 7.61. The first-order chi connectivity index (χ1) is 5.88. The van der Waals surface area contributed by atoms with E-state index in [1.54, 1.807) is 6.20 Å². The van der Waals surface area contributed by atoms with Crippen molar-refractivity contribution in [2.24, 2.45) is 0 Å². The van der Waals surface area contributed by atoms with Gasteiger partial charge in [-0.15, -0.1) is 0 Å². The van der Waals surface area contributed by atoms with Crippen molar-refractivity contribution in [1.82, 2.24) is 5.16 Å². The first-order valence-electron chi connectivity index (χ1n) is 4.15. The second kappa shape index (κ2) is 3.15. The molecule has 1 saturated heterocycles. The minimum atomic E-state index is 0.380. The average molecular weight is 168 g/mol.